The summed E-state index contributed by atoms with van der Waals surface area (Å²) in [6, 6.07) is 8.33. The van der Waals surface area contributed by atoms with E-state index in [0.29, 0.717) is 17.6 Å². The minimum absolute atomic E-state index is 0.513. The third-order valence-electron chi connectivity index (χ3n) is 2.53. The Morgan fingerprint density at radius 3 is 3.00 bits per heavy atom. The molecule has 1 heterocycles. The number of anilines is 1. The van der Waals surface area contributed by atoms with E-state index in [9.17, 15) is 0 Å². The van der Waals surface area contributed by atoms with Gasteiger partial charge in [-0.15, -0.1) is 5.10 Å². The van der Waals surface area contributed by atoms with Gasteiger partial charge < -0.3 is 5.32 Å². The second kappa shape index (κ2) is 6.29. The zero-order valence-electron chi connectivity index (χ0n) is 11.1. The first-order chi connectivity index (χ1) is 9.17. The monoisotopic (exact) mass is 275 g/mol. The maximum absolute atomic E-state index is 5.08. The average molecular weight is 275 g/mol. The van der Waals surface area contributed by atoms with E-state index in [-0.39, 0.29) is 0 Å². The normalized spacial score (nSPS) is 10.2. The van der Waals surface area contributed by atoms with E-state index in [1.807, 2.05) is 13.0 Å². The number of aryl methyl sites for hydroxylation is 1. The molecule has 0 unspecified atom stereocenters. The fourth-order valence-electron chi connectivity index (χ4n) is 1.73. The van der Waals surface area contributed by atoms with Crippen molar-refractivity contribution in [1.82, 2.24) is 20.1 Å². The van der Waals surface area contributed by atoms with Gasteiger partial charge >= 0.3 is 0 Å². The predicted molar refractivity (Wildman–Crippen MR) is 80.2 cm³/mol. The number of hydrogen-bond acceptors (Lipinski definition) is 3. The van der Waals surface area contributed by atoms with Crippen molar-refractivity contribution >= 4 is 23.3 Å². The van der Waals surface area contributed by atoms with Crippen molar-refractivity contribution in [2.45, 2.75) is 20.4 Å². The maximum Gasteiger partial charge on any atom is 0.248 e. The zero-order valence-corrected chi connectivity index (χ0v) is 11.9. The van der Waals surface area contributed by atoms with Gasteiger partial charge in [-0.05, 0) is 31.6 Å². The molecule has 100 valence electrons. The van der Waals surface area contributed by atoms with E-state index in [1.165, 1.54) is 11.1 Å². The number of nitrogens with zero attached hydrogens (tertiary/aromatic N) is 3. The lowest BCUT2D eigenvalue weighted by Gasteiger charge is -2.04. The van der Waals surface area contributed by atoms with Gasteiger partial charge in [0, 0.05) is 6.54 Å². The van der Waals surface area contributed by atoms with E-state index < -0.39 is 0 Å². The molecule has 2 N–H and O–H groups in total. The Labute approximate surface area is 118 Å². The standard InChI is InChI=1S/C13H17N5S/c1-3-14-13(19)16-12-15-9-18(17-12)8-11-6-4-5-10(2)7-11/h4-7,9H,3,8H2,1-2H3,(H2,14,16,17,19). The third-order valence-corrected chi connectivity index (χ3v) is 2.77. The molecule has 0 radical (unpaired) electrons. The molecule has 0 spiro atoms. The number of hydrogen-bond donors (Lipinski definition) is 2. The van der Waals surface area contributed by atoms with E-state index in [4.69, 9.17) is 12.2 Å². The largest absolute Gasteiger partial charge is 0.363 e. The van der Waals surface area contributed by atoms with Crippen LogP contribution in [0.1, 0.15) is 18.1 Å². The molecular formula is C13H17N5S. The van der Waals surface area contributed by atoms with Crippen LogP contribution < -0.4 is 10.6 Å². The predicted octanol–water partition coefficient (Wildman–Crippen LogP) is 1.94. The molecule has 0 aliphatic carbocycles. The van der Waals surface area contributed by atoms with Gasteiger partial charge in [0.15, 0.2) is 5.11 Å². The zero-order chi connectivity index (χ0) is 13.7. The fourth-order valence-corrected chi connectivity index (χ4v) is 1.97. The summed E-state index contributed by atoms with van der Waals surface area (Å²) in [6.07, 6.45) is 1.69. The summed E-state index contributed by atoms with van der Waals surface area (Å²) in [5, 5.41) is 10.8. The van der Waals surface area contributed by atoms with E-state index in [1.54, 1.807) is 11.0 Å². The Morgan fingerprint density at radius 2 is 2.26 bits per heavy atom. The summed E-state index contributed by atoms with van der Waals surface area (Å²) in [7, 11) is 0. The van der Waals surface area contributed by atoms with Crippen LogP contribution in [0, 0.1) is 6.92 Å². The average Bonchev–Trinajstić information content (AvgIpc) is 2.76. The first-order valence-electron chi connectivity index (χ1n) is 6.17. The van der Waals surface area contributed by atoms with Crippen LogP contribution in [0.2, 0.25) is 0 Å². The van der Waals surface area contributed by atoms with Crippen molar-refractivity contribution in [3.05, 3.63) is 41.7 Å². The Morgan fingerprint density at radius 1 is 1.42 bits per heavy atom. The molecule has 5 nitrogen and oxygen atoms in total. The van der Waals surface area contributed by atoms with Crippen LogP contribution in [0.4, 0.5) is 5.95 Å². The molecule has 19 heavy (non-hydrogen) atoms. The first-order valence-corrected chi connectivity index (χ1v) is 6.58. The number of nitrogens with one attached hydrogen (secondary N) is 2. The SMILES string of the molecule is CCNC(=S)Nc1ncn(Cc2cccc(C)c2)n1. The molecule has 2 aromatic rings. The highest BCUT2D eigenvalue weighted by Crippen LogP contribution is 2.06. The van der Waals surface area contributed by atoms with Crippen LogP contribution in [-0.4, -0.2) is 26.4 Å². The first kappa shape index (κ1) is 13.5. The molecule has 0 aliphatic rings. The van der Waals surface area contributed by atoms with Crippen LogP contribution in [-0.2, 0) is 6.54 Å². The minimum atomic E-state index is 0.513. The van der Waals surface area contributed by atoms with Crippen molar-refractivity contribution in [3.63, 3.8) is 0 Å². The summed E-state index contributed by atoms with van der Waals surface area (Å²) in [6.45, 7) is 5.53. The lowest BCUT2D eigenvalue weighted by Crippen LogP contribution is -2.28. The van der Waals surface area contributed by atoms with Crippen molar-refractivity contribution in [1.29, 1.82) is 0 Å². The number of thiocarbonyl (C=S) groups is 1. The Bertz CT molecular complexity index is 564. The molecule has 0 aliphatic heterocycles. The molecule has 0 saturated heterocycles. The van der Waals surface area contributed by atoms with E-state index in [2.05, 4.69) is 45.8 Å². The molecular weight excluding hydrogens is 258 g/mol. The van der Waals surface area contributed by atoms with Gasteiger partial charge in [0.05, 0.1) is 6.54 Å². The maximum atomic E-state index is 5.08. The van der Waals surface area contributed by atoms with E-state index >= 15 is 0 Å². The van der Waals surface area contributed by atoms with Crippen LogP contribution in [0.5, 0.6) is 0 Å². The summed E-state index contributed by atoms with van der Waals surface area (Å²) in [5.41, 5.74) is 2.44. The molecule has 0 amide bonds. The molecule has 1 aromatic heterocycles. The van der Waals surface area contributed by atoms with Gasteiger partial charge in [-0.25, -0.2) is 9.67 Å². The Hall–Kier alpha value is -1.95. The van der Waals surface area contributed by atoms with Gasteiger partial charge in [0.2, 0.25) is 5.95 Å². The molecule has 1 aromatic carbocycles. The fraction of sp³-hybridized carbons (Fsp3) is 0.308. The summed E-state index contributed by atoms with van der Waals surface area (Å²) in [4.78, 5) is 4.17. The molecule has 0 saturated carbocycles. The lowest BCUT2D eigenvalue weighted by molar-refractivity contribution is 0.687. The van der Waals surface area contributed by atoms with Gasteiger partial charge in [0.25, 0.3) is 0 Å². The van der Waals surface area contributed by atoms with Crippen LogP contribution in [0.3, 0.4) is 0 Å². The van der Waals surface area contributed by atoms with Gasteiger partial charge in [-0.3, -0.25) is 5.32 Å². The van der Waals surface area contributed by atoms with Crippen LogP contribution >= 0.6 is 12.2 Å². The highest BCUT2D eigenvalue weighted by molar-refractivity contribution is 7.80. The Balaban J connectivity index is 1.99. The molecule has 0 bridgehead atoms. The van der Waals surface area contributed by atoms with Crippen molar-refractivity contribution in [2.75, 3.05) is 11.9 Å². The van der Waals surface area contributed by atoms with Crippen LogP contribution in [0.25, 0.3) is 0 Å². The molecule has 0 fully saturated rings. The van der Waals surface area contributed by atoms with Crippen LogP contribution in [0.15, 0.2) is 30.6 Å². The summed E-state index contributed by atoms with van der Waals surface area (Å²) < 4.78 is 1.78. The van der Waals surface area contributed by atoms with Crippen molar-refractivity contribution in [3.8, 4) is 0 Å². The Kier molecular flexibility index (Phi) is 4.46. The summed E-state index contributed by atoms with van der Waals surface area (Å²) >= 11 is 5.08. The highest BCUT2D eigenvalue weighted by atomic mass is 32.1. The smallest absolute Gasteiger partial charge is 0.248 e. The lowest BCUT2D eigenvalue weighted by atomic mass is 10.1. The van der Waals surface area contributed by atoms with Crippen molar-refractivity contribution in [2.24, 2.45) is 0 Å². The van der Waals surface area contributed by atoms with Gasteiger partial charge in [-0.1, -0.05) is 29.8 Å². The molecule has 0 atom stereocenters. The number of aromatic nitrogens is 3. The number of rotatable bonds is 4. The van der Waals surface area contributed by atoms with Gasteiger partial charge in [-0.2, -0.15) is 0 Å². The second-order valence-electron chi connectivity index (χ2n) is 4.24. The second-order valence-corrected chi connectivity index (χ2v) is 4.65. The topological polar surface area (TPSA) is 54.8 Å². The van der Waals surface area contributed by atoms with E-state index in [0.717, 1.165) is 6.54 Å². The quantitative estimate of drug-likeness (QED) is 0.835. The molecule has 6 heteroatoms. The minimum Gasteiger partial charge on any atom is -0.363 e. The highest BCUT2D eigenvalue weighted by Gasteiger charge is 2.03. The number of benzene rings is 1. The van der Waals surface area contributed by atoms with Crippen molar-refractivity contribution < 1.29 is 0 Å². The van der Waals surface area contributed by atoms with Gasteiger partial charge in [0.1, 0.15) is 6.33 Å². The summed E-state index contributed by atoms with van der Waals surface area (Å²) in [5.74, 6) is 0.513. The third kappa shape index (κ3) is 4.03. The molecule has 2 rings (SSSR count).